The van der Waals surface area contributed by atoms with Crippen LogP contribution in [0.25, 0.3) is 0 Å². The molecule has 1 fully saturated rings. The first kappa shape index (κ1) is 16.4. The molecule has 0 bridgehead atoms. The summed E-state index contributed by atoms with van der Waals surface area (Å²) in [6, 6.07) is 0.148. The smallest absolute Gasteiger partial charge is 0.256 e. The molecule has 2 heterocycles. The predicted octanol–water partition coefficient (Wildman–Crippen LogP) is -0.281. The molecule has 0 spiro atoms. The highest BCUT2D eigenvalue weighted by Gasteiger charge is 2.20. The molecule has 2 rings (SSSR count). The van der Waals surface area contributed by atoms with Gasteiger partial charge >= 0.3 is 0 Å². The molecule has 1 aromatic rings. The topological polar surface area (TPSA) is 79.3 Å². The van der Waals surface area contributed by atoms with Gasteiger partial charge in [-0.15, -0.1) is 17.2 Å². The van der Waals surface area contributed by atoms with Crippen molar-refractivity contribution in [1.29, 1.82) is 0 Å². The second-order valence-corrected chi connectivity index (χ2v) is 6.38. The molecule has 0 saturated carbocycles. The van der Waals surface area contributed by atoms with Gasteiger partial charge in [0.05, 0.1) is 6.20 Å². The van der Waals surface area contributed by atoms with Crippen molar-refractivity contribution in [3.8, 4) is 0 Å². The molecule has 7 nitrogen and oxygen atoms in total. The van der Waals surface area contributed by atoms with E-state index < -0.39 is 10.0 Å². The van der Waals surface area contributed by atoms with Crippen LogP contribution in [-0.4, -0.2) is 49.3 Å². The molecule has 0 unspecified atom stereocenters. The maximum Gasteiger partial charge on any atom is 0.256 e. The number of halogens is 1. The summed E-state index contributed by atoms with van der Waals surface area (Å²) in [6.07, 6.45) is 4.84. The summed E-state index contributed by atoms with van der Waals surface area (Å²) >= 11 is 0. The molecule has 0 radical (unpaired) electrons. The fraction of sp³-hybridized carbons (Fsp3) is 0.700. The Morgan fingerprint density at radius 1 is 1.42 bits per heavy atom. The standard InChI is InChI=1S/C10H19N5O2S.ClH/c1-14-5-3-4-9(7-14)12-13-18(16,17)10-6-11-15(2)8-10;/h6,8-9,12-13H,3-5,7H2,1-2H3;1H/t9-;/m1./s1. The van der Waals surface area contributed by atoms with Crippen LogP contribution >= 0.6 is 12.4 Å². The van der Waals surface area contributed by atoms with Gasteiger partial charge in [-0.2, -0.15) is 5.10 Å². The molecular formula is C10H20ClN5O2S. The number of nitrogens with zero attached hydrogens (tertiary/aromatic N) is 3. The second kappa shape index (κ2) is 6.67. The van der Waals surface area contributed by atoms with Gasteiger partial charge in [-0.25, -0.2) is 13.8 Å². The third-order valence-electron chi connectivity index (χ3n) is 3.01. The molecule has 0 aliphatic carbocycles. The average Bonchev–Trinajstić information content (AvgIpc) is 2.74. The molecule has 19 heavy (non-hydrogen) atoms. The van der Waals surface area contributed by atoms with Gasteiger partial charge in [-0.1, -0.05) is 0 Å². The van der Waals surface area contributed by atoms with E-state index in [1.165, 1.54) is 17.1 Å². The Morgan fingerprint density at radius 3 is 2.74 bits per heavy atom. The van der Waals surface area contributed by atoms with Gasteiger partial charge in [-0.3, -0.25) is 4.68 Å². The number of likely N-dealkylation sites (tertiary alicyclic amines) is 1. The van der Waals surface area contributed by atoms with Crippen molar-refractivity contribution in [3.63, 3.8) is 0 Å². The lowest BCUT2D eigenvalue weighted by molar-refractivity contribution is 0.223. The minimum absolute atomic E-state index is 0. The van der Waals surface area contributed by atoms with Crippen molar-refractivity contribution >= 4 is 22.4 Å². The lowest BCUT2D eigenvalue weighted by atomic mass is 10.1. The molecule has 2 N–H and O–H groups in total. The van der Waals surface area contributed by atoms with Crippen molar-refractivity contribution < 1.29 is 8.42 Å². The molecule has 1 aliphatic rings. The Morgan fingerprint density at radius 2 is 2.16 bits per heavy atom. The van der Waals surface area contributed by atoms with E-state index in [9.17, 15) is 8.42 Å². The van der Waals surface area contributed by atoms with Crippen molar-refractivity contribution in [2.45, 2.75) is 23.8 Å². The number of hydrazine groups is 1. The van der Waals surface area contributed by atoms with Crippen LogP contribution in [0.4, 0.5) is 0 Å². The van der Waals surface area contributed by atoms with Gasteiger partial charge in [0, 0.05) is 25.8 Å². The highest BCUT2D eigenvalue weighted by Crippen LogP contribution is 2.09. The first-order valence-electron chi connectivity index (χ1n) is 5.92. The lowest BCUT2D eigenvalue weighted by Crippen LogP contribution is -2.51. The SMILES string of the molecule is CN1CCC[C@@H](NNS(=O)(=O)c2cnn(C)c2)C1.Cl. The number of aromatic nitrogens is 2. The Bertz CT molecular complexity index is 504. The maximum atomic E-state index is 11.9. The van der Waals surface area contributed by atoms with Crippen LogP contribution < -0.4 is 10.3 Å². The van der Waals surface area contributed by atoms with Crippen molar-refractivity contribution in [1.82, 2.24) is 24.9 Å². The first-order chi connectivity index (χ1) is 8.47. The summed E-state index contributed by atoms with van der Waals surface area (Å²) in [6.45, 7) is 1.91. The zero-order valence-electron chi connectivity index (χ0n) is 11.0. The average molecular weight is 310 g/mol. The largest absolute Gasteiger partial charge is 0.305 e. The Labute approximate surface area is 119 Å². The molecule has 1 aliphatic heterocycles. The van der Waals surface area contributed by atoms with Gasteiger partial charge in [0.15, 0.2) is 0 Å². The van der Waals surface area contributed by atoms with Crippen LogP contribution in [0, 0.1) is 0 Å². The van der Waals surface area contributed by atoms with Crippen LogP contribution in [0.2, 0.25) is 0 Å². The van der Waals surface area contributed by atoms with E-state index in [4.69, 9.17) is 0 Å². The second-order valence-electron chi connectivity index (χ2n) is 4.70. The monoisotopic (exact) mass is 309 g/mol. The fourth-order valence-corrected chi connectivity index (χ4v) is 2.96. The van der Waals surface area contributed by atoms with Crippen molar-refractivity contribution in [2.24, 2.45) is 7.05 Å². The number of nitrogens with one attached hydrogen (secondary N) is 2. The third-order valence-corrected chi connectivity index (χ3v) is 4.23. The number of hydrogen-bond donors (Lipinski definition) is 2. The number of piperidine rings is 1. The Balaban J connectivity index is 0.00000180. The molecule has 1 aromatic heterocycles. The van der Waals surface area contributed by atoms with Gasteiger partial charge in [0.1, 0.15) is 4.90 Å². The number of sulfonamides is 1. The zero-order valence-corrected chi connectivity index (χ0v) is 12.7. The minimum Gasteiger partial charge on any atom is -0.305 e. The van der Waals surface area contributed by atoms with E-state index in [2.05, 4.69) is 20.3 Å². The van der Waals surface area contributed by atoms with E-state index >= 15 is 0 Å². The summed E-state index contributed by atoms with van der Waals surface area (Å²) in [5.41, 5.74) is 2.88. The highest BCUT2D eigenvalue weighted by molar-refractivity contribution is 7.89. The quantitative estimate of drug-likeness (QED) is 0.748. The summed E-state index contributed by atoms with van der Waals surface area (Å²) in [7, 11) is 0.195. The predicted molar refractivity (Wildman–Crippen MR) is 74.4 cm³/mol. The van der Waals surface area contributed by atoms with Crippen LogP contribution in [-0.2, 0) is 17.1 Å². The van der Waals surface area contributed by atoms with E-state index in [-0.39, 0.29) is 23.3 Å². The molecule has 1 saturated heterocycles. The summed E-state index contributed by atoms with van der Waals surface area (Å²) in [5.74, 6) is 0. The summed E-state index contributed by atoms with van der Waals surface area (Å²) in [5, 5.41) is 3.85. The Kier molecular flexibility index (Phi) is 5.75. The van der Waals surface area contributed by atoms with Gasteiger partial charge < -0.3 is 4.90 Å². The third kappa shape index (κ3) is 4.43. The normalized spacial score (nSPS) is 21.1. The Hall–Kier alpha value is -0.670. The van der Waals surface area contributed by atoms with Crippen LogP contribution in [0.5, 0.6) is 0 Å². The van der Waals surface area contributed by atoms with E-state index in [0.29, 0.717) is 0 Å². The van der Waals surface area contributed by atoms with Gasteiger partial charge in [0.25, 0.3) is 10.0 Å². The van der Waals surface area contributed by atoms with Gasteiger partial charge in [0.2, 0.25) is 0 Å². The number of likely N-dealkylation sites (N-methyl/N-ethyl adjacent to an activating group) is 1. The van der Waals surface area contributed by atoms with Crippen LogP contribution in [0.3, 0.4) is 0 Å². The molecule has 1 atom stereocenters. The molecule has 0 amide bonds. The van der Waals surface area contributed by atoms with Crippen molar-refractivity contribution in [2.75, 3.05) is 20.1 Å². The first-order valence-corrected chi connectivity index (χ1v) is 7.40. The zero-order chi connectivity index (χ0) is 13.2. The number of aryl methyl sites for hydroxylation is 1. The highest BCUT2D eigenvalue weighted by atomic mass is 35.5. The lowest BCUT2D eigenvalue weighted by Gasteiger charge is -2.30. The molecule has 110 valence electrons. The van der Waals surface area contributed by atoms with E-state index in [1.54, 1.807) is 7.05 Å². The maximum absolute atomic E-state index is 11.9. The van der Waals surface area contributed by atoms with E-state index in [1.807, 2.05) is 7.05 Å². The van der Waals surface area contributed by atoms with Crippen LogP contribution in [0.15, 0.2) is 17.3 Å². The number of hydrogen-bond acceptors (Lipinski definition) is 5. The number of rotatable bonds is 4. The van der Waals surface area contributed by atoms with E-state index in [0.717, 1.165) is 25.9 Å². The molecule has 9 heteroatoms. The summed E-state index contributed by atoms with van der Waals surface area (Å²) in [4.78, 5) is 4.77. The van der Waals surface area contributed by atoms with Crippen molar-refractivity contribution in [3.05, 3.63) is 12.4 Å². The fourth-order valence-electron chi connectivity index (χ4n) is 2.04. The van der Waals surface area contributed by atoms with Gasteiger partial charge in [-0.05, 0) is 26.4 Å². The van der Waals surface area contributed by atoms with Crippen LogP contribution in [0.1, 0.15) is 12.8 Å². The molecule has 0 aromatic carbocycles. The molecular weight excluding hydrogens is 290 g/mol. The summed E-state index contributed by atoms with van der Waals surface area (Å²) < 4.78 is 25.3. The minimum atomic E-state index is -3.52.